The van der Waals surface area contributed by atoms with Crippen molar-refractivity contribution in [3.05, 3.63) is 65.5 Å². The van der Waals surface area contributed by atoms with Crippen molar-refractivity contribution >= 4 is 0 Å². The van der Waals surface area contributed by atoms with E-state index in [9.17, 15) is 8.78 Å². The van der Waals surface area contributed by atoms with E-state index in [1.807, 2.05) is 12.1 Å². The van der Waals surface area contributed by atoms with Gasteiger partial charge in [0.15, 0.2) is 0 Å². The summed E-state index contributed by atoms with van der Waals surface area (Å²) in [6, 6.07) is 7.52. The summed E-state index contributed by atoms with van der Waals surface area (Å²) >= 11 is 0. The predicted molar refractivity (Wildman–Crippen MR) is 75.3 cm³/mol. The van der Waals surface area contributed by atoms with Gasteiger partial charge in [-0.2, -0.15) is 0 Å². The molecule has 0 saturated heterocycles. The number of halogens is 2. The summed E-state index contributed by atoms with van der Waals surface area (Å²) in [7, 11) is 0. The molecule has 2 aromatic rings. The number of pyridine rings is 1. The second-order valence-electron chi connectivity index (χ2n) is 4.77. The minimum atomic E-state index is -0.538. The average Bonchev–Trinajstić information content (AvgIpc) is 2.43. The number of hydrogen-bond acceptors (Lipinski definition) is 2. The summed E-state index contributed by atoms with van der Waals surface area (Å²) in [5.74, 6) is -1.08. The van der Waals surface area contributed by atoms with Gasteiger partial charge in [-0.15, -0.1) is 0 Å². The summed E-state index contributed by atoms with van der Waals surface area (Å²) in [5.41, 5.74) is 1.71. The number of nitrogens with zero attached hydrogens (tertiary/aromatic N) is 1. The second kappa shape index (κ2) is 7.10. The van der Waals surface area contributed by atoms with Gasteiger partial charge in [-0.3, -0.25) is 4.98 Å². The average molecular weight is 276 g/mol. The molecule has 0 radical (unpaired) electrons. The van der Waals surface area contributed by atoms with E-state index in [-0.39, 0.29) is 6.04 Å². The molecule has 0 aliphatic carbocycles. The number of hydrogen-bond donors (Lipinski definition) is 1. The van der Waals surface area contributed by atoms with Gasteiger partial charge >= 0.3 is 0 Å². The zero-order chi connectivity index (χ0) is 14.4. The van der Waals surface area contributed by atoms with Gasteiger partial charge in [-0.1, -0.05) is 6.92 Å². The van der Waals surface area contributed by atoms with Crippen molar-refractivity contribution in [2.75, 3.05) is 6.54 Å². The van der Waals surface area contributed by atoms with Crippen LogP contribution < -0.4 is 5.32 Å². The first-order valence-corrected chi connectivity index (χ1v) is 6.77. The van der Waals surface area contributed by atoms with Gasteiger partial charge in [0.2, 0.25) is 0 Å². The first-order valence-electron chi connectivity index (χ1n) is 6.77. The Morgan fingerprint density at radius 1 is 1.10 bits per heavy atom. The molecule has 1 N–H and O–H groups in total. The molecule has 1 aromatic heterocycles. The number of benzene rings is 1. The summed E-state index contributed by atoms with van der Waals surface area (Å²) < 4.78 is 26.5. The fourth-order valence-corrected chi connectivity index (χ4v) is 2.19. The van der Waals surface area contributed by atoms with Crippen LogP contribution in [0, 0.1) is 11.6 Å². The first kappa shape index (κ1) is 14.6. The topological polar surface area (TPSA) is 24.9 Å². The standard InChI is InChI=1S/C16H18F2N2/c1-2-5-20-16(13-3-6-19-7-4-13)10-12-8-14(17)11-15(18)9-12/h3-4,6-9,11,16,20H,2,5,10H2,1H3. The van der Waals surface area contributed by atoms with E-state index in [0.717, 1.165) is 24.6 Å². The summed E-state index contributed by atoms with van der Waals surface area (Å²) in [6.45, 7) is 2.93. The molecule has 2 rings (SSSR count). The Morgan fingerprint density at radius 3 is 2.35 bits per heavy atom. The molecule has 0 saturated carbocycles. The Labute approximate surface area is 117 Å². The SMILES string of the molecule is CCCNC(Cc1cc(F)cc(F)c1)c1ccncc1. The van der Waals surface area contributed by atoms with Crippen LogP contribution in [0.4, 0.5) is 8.78 Å². The van der Waals surface area contributed by atoms with Crippen molar-refractivity contribution in [3.8, 4) is 0 Å². The predicted octanol–water partition coefficient (Wildman–Crippen LogP) is 3.64. The lowest BCUT2D eigenvalue weighted by Crippen LogP contribution is -2.24. The van der Waals surface area contributed by atoms with E-state index in [1.165, 1.54) is 12.1 Å². The van der Waals surface area contributed by atoms with E-state index < -0.39 is 11.6 Å². The molecule has 0 aliphatic heterocycles. The first-order chi connectivity index (χ1) is 9.69. The zero-order valence-electron chi connectivity index (χ0n) is 11.4. The summed E-state index contributed by atoms with van der Waals surface area (Å²) in [6.07, 6.45) is 4.99. The largest absolute Gasteiger partial charge is 0.310 e. The quantitative estimate of drug-likeness (QED) is 0.871. The van der Waals surface area contributed by atoms with E-state index in [2.05, 4.69) is 17.2 Å². The van der Waals surface area contributed by atoms with Crippen molar-refractivity contribution in [1.29, 1.82) is 0 Å². The second-order valence-corrected chi connectivity index (χ2v) is 4.77. The Morgan fingerprint density at radius 2 is 1.75 bits per heavy atom. The molecule has 1 unspecified atom stereocenters. The van der Waals surface area contributed by atoms with Crippen LogP contribution in [0.25, 0.3) is 0 Å². The van der Waals surface area contributed by atoms with Crippen LogP contribution in [0.3, 0.4) is 0 Å². The van der Waals surface area contributed by atoms with Gasteiger partial charge in [-0.05, 0) is 54.8 Å². The van der Waals surface area contributed by atoms with Gasteiger partial charge in [0, 0.05) is 24.5 Å². The fraction of sp³-hybridized carbons (Fsp3) is 0.312. The van der Waals surface area contributed by atoms with Crippen molar-refractivity contribution in [2.24, 2.45) is 0 Å². The molecular weight excluding hydrogens is 258 g/mol. The van der Waals surface area contributed by atoms with Gasteiger partial charge in [0.25, 0.3) is 0 Å². The maximum absolute atomic E-state index is 13.3. The van der Waals surface area contributed by atoms with Crippen LogP contribution in [0.2, 0.25) is 0 Å². The molecule has 20 heavy (non-hydrogen) atoms. The molecule has 4 heteroatoms. The van der Waals surface area contributed by atoms with Gasteiger partial charge < -0.3 is 5.32 Å². The van der Waals surface area contributed by atoms with Crippen molar-refractivity contribution < 1.29 is 8.78 Å². The third-order valence-corrected chi connectivity index (χ3v) is 3.11. The van der Waals surface area contributed by atoms with Gasteiger partial charge in [-0.25, -0.2) is 8.78 Å². The molecule has 0 amide bonds. The monoisotopic (exact) mass is 276 g/mol. The lowest BCUT2D eigenvalue weighted by molar-refractivity contribution is 0.522. The van der Waals surface area contributed by atoms with E-state index in [0.29, 0.717) is 12.0 Å². The smallest absolute Gasteiger partial charge is 0.126 e. The number of nitrogens with one attached hydrogen (secondary N) is 1. The summed E-state index contributed by atoms with van der Waals surface area (Å²) in [5, 5.41) is 3.40. The molecule has 0 spiro atoms. The molecule has 106 valence electrons. The zero-order valence-corrected chi connectivity index (χ0v) is 11.4. The van der Waals surface area contributed by atoms with Gasteiger partial charge in [0.1, 0.15) is 11.6 Å². The van der Waals surface area contributed by atoms with Crippen LogP contribution in [0.15, 0.2) is 42.7 Å². The number of rotatable bonds is 6. The summed E-state index contributed by atoms with van der Waals surface area (Å²) in [4.78, 5) is 4.00. The van der Waals surface area contributed by atoms with E-state index >= 15 is 0 Å². The Balaban J connectivity index is 2.19. The van der Waals surface area contributed by atoms with Crippen LogP contribution in [-0.4, -0.2) is 11.5 Å². The fourth-order valence-electron chi connectivity index (χ4n) is 2.19. The molecular formula is C16H18F2N2. The van der Waals surface area contributed by atoms with Crippen LogP contribution in [-0.2, 0) is 6.42 Å². The van der Waals surface area contributed by atoms with Crippen LogP contribution in [0.1, 0.15) is 30.5 Å². The molecule has 0 fully saturated rings. The molecule has 1 heterocycles. The highest BCUT2D eigenvalue weighted by atomic mass is 19.1. The third kappa shape index (κ3) is 4.10. The Kier molecular flexibility index (Phi) is 5.18. The highest BCUT2D eigenvalue weighted by Crippen LogP contribution is 2.19. The van der Waals surface area contributed by atoms with Crippen molar-refractivity contribution in [2.45, 2.75) is 25.8 Å². The highest BCUT2D eigenvalue weighted by Gasteiger charge is 2.12. The number of aromatic nitrogens is 1. The van der Waals surface area contributed by atoms with Crippen LogP contribution in [0.5, 0.6) is 0 Å². The minimum absolute atomic E-state index is 0.0270. The maximum Gasteiger partial charge on any atom is 0.126 e. The minimum Gasteiger partial charge on any atom is -0.310 e. The van der Waals surface area contributed by atoms with Gasteiger partial charge in [0.05, 0.1) is 0 Å². The van der Waals surface area contributed by atoms with E-state index in [4.69, 9.17) is 0 Å². The van der Waals surface area contributed by atoms with Crippen molar-refractivity contribution in [3.63, 3.8) is 0 Å². The normalized spacial score (nSPS) is 12.3. The van der Waals surface area contributed by atoms with Crippen molar-refractivity contribution in [1.82, 2.24) is 10.3 Å². The Hall–Kier alpha value is -1.81. The lowest BCUT2D eigenvalue weighted by atomic mass is 9.99. The molecule has 0 aliphatic rings. The molecule has 1 aromatic carbocycles. The molecule has 1 atom stereocenters. The highest BCUT2D eigenvalue weighted by molar-refractivity contribution is 5.23. The van der Waals surface area contributed by atoms with Crippen LogP contribution >= 0.6 is 0 Å². The maximum atomic E-state index is 13.3. The molecule has 2 nitrogen and oxygen atoms in total. The lowest BCUT2D eigenvalue weighted by Gasteiger charge is -2.19. The third-order valence-electron chi connectivity index (χ3n) is 3.11. The molecule has 0 bridgehead atoms. The van der Waals surface area contributed by atoms with E-state index in [1.54, 1.807) is 12.4 Å². The Bertz CT molecular complexity index is 523.